The van der Waals surface area contributed by atoms with Gasteiger partial charge in [0.2, 0.25) is 0 Å². The van der Waals surface area contributed by atoms with Crippen molar-refractivity contribution < 1.29 is 14.3 Å². The molecule has 11 heteroatoms. The molecule has 0 bridgehead atoms. The van der Waals surface area contributed by atoms with Crippen LogP contribution in [0, 0.1) is 0 Å². The lowest BCUT2D eigenvalue weighted by Gasteiger charge is -2.11. The van der Waals surface area contributed by atoms with E-state index in [0.717, 1.165) is 16.9 Å². The molecule has 2 N–H and O–H groups in total. The molecular formula is C21H27ClN6O3S. The number of halogens is 1. The summed E-state index contributed by atoms with van der Waals surface area (Å²) >= 11 is 7.43. The number of thioether (sulfide) groups is 1. The molecule has 0 aliphatic heterocycles. The summed E-state index contributed by atoms with van der Waals surface area (Å²) in [5.74, 6) is 1.09. The van der Waals surface area contributed by atoms with Crippen molar-refractivity contribution in [3.8, 4) is 5.75 Å². The van der Waals surface area contributed by atoms with Gasteiger partial charge in [-0.15, -0.1) is 0 Å². The summed E-state index contributed by atoms with van der Waals surface area (Å²) in [5.41, 5.74) is 0.717. The summed E-state index contributed by atoms with van der Waals surface area (Å²) < 4.78 is 12.3. The number of nitrogens with zero attached hydrogens (tertiary/aromatic N) is 4. The van der Waals surface area contributed by atoms with Crippen LogP contribution in [0.2, 0.25) is 5.02 Å². The smallest absolute Gasteiger partial charge is 0.258 e. The summed E-state index contributed by atoms with van der Waals surface area (Å²) in [6.07, 6.45) is 1.74. The number of ether oxygens (including phenoxy) is 2. The van der Waals surface area contributed by atoms with E-state index < -0.39 is 0 Å². The molecule has 0 atom stereocenters. The van der Waals surface area contributed by atoms with E-state index in [0.29, 0.717) is 47.4 Å². The normalized spacial score (nSPS) is 11.2. The number of carbonyl (C=O) groups excluding carboxylic acids is 1. The number of benzene rings is 1. The maximum absolute atomic E-state index is 12.1. The summed E-state index contributed by atoms with van der Waals surface area (Å²) in [5, 5.41) is 13.0. The molecule has 3 rings (SSSR count). The molecule has 3 aromatic rings. The van der Waals surface area contributed by atoms with Crippen molar-refractivity contribution in [2.75, 3.05) is 38.7 Å². The summed E-state index contributed by atoms with van der Waals surface area (Å²) in [6, 6.07) is 6.86. The zero-order valence-electron chi connectivity index (χ0n) is 18.3. The van der Waals surface area contributed by atoms with Crippen LogP contribution in [0.1, 0.15) is 13.8 Å². The van der Waals surface area contributed by atoms with E-state index in [1.54, 1.807) is 54.0 Å². The van der Waals surface area contributed by atoms with E-state index in [9.17, 15) is 4.79 Å². The van der Waals surface area contributed by atoms with Gasteiger partial charge in [0.1, 0.15) is 11.6 Å². The lowest BCUT2D eigenvalue weighted by atomic mass is 10.3. The van der Waals surface area contributed by atoms with Gasteiger partial charge in [0, 0.05) is 30.5 Å². The average molecular weight is 479 g/mol. The first kappa shape index (κ1) is 24.1. The van der Waals surface area contributed by atoms with Gasteiger partial charge in [0.25, 0.3) is 5.91 Å². The molecule has 0 saturated heterocycles. The molecule has 0 aliphatic rings. The SMILES string of the molecule is COCCNc1nc(SC(C)C)nc2c1cnn2CCNC(=O)COc1ccc(Cl)cc1. The summed E-state index contributed by atoms with van der Waals surface area (Å²) in [4.78, 5) is 21.4. The van der Waals surface area contributed by atoms with Gasteiger partial charge in [-0.2, -0.15) is 5.10 Å². The number of carbonyl (C=O) groups is 1. The Balaban J connectivity index is 1.61. The molecule has 0 saturated carbocycles. The number of hydrogen-bond donors (Lipinski definition) is 2. The number of nitrogens with one attached hydrogen (secondary N) is 2. The second-order valence-corrected chi connectivity index (χ2v) is 9.12. The molecule has 0 aliphatic carbocycles. The van der Waals surface area contributed by atoms with Gasteiger partial charge in [-0.1, -0.05) is 37.2 Å². The summed E-state index contributed by atoms with van der Waals surface area (Å²) in [7, 11) is 1.66. The number of anilines is 1. The monoisotopic (exact) mass is 478 g/mol. The molecule has 0 spiro atoms. The largest absolute Gasteiger partial charge is 0.484 e. The highest BCUT2D eigenvalue weighted by molar-refractivity contribution is 7.99. The molecule has 32 heavy (non-hydrogen) atoms. The molecule has 0 fully saturated rings. The molecule has 172 valence electrons. The molecule has 2 aromatic heterocycles. The molecule has 9 nitrogen and oxygen atoms in total. The van der Waals surface area contributed by atoms with Crippen LogP contribution in [0.4, 0.5) is 5.82 Å². The Morgan fingerprint density at radius 2 is 2.00 bits per heavy atom. The van der Waals surface area contributed by atoms with Crippen molar-refractivity contribution >= 4 is 46.1 Å². The third-order valence-corrected chi connectivity index (χ3v) is 5.36. The fourth-order valence-corrected chi connectivity index (χ4v) is 3.63. The zero-order chi connectivity index (χ0) is 22.9. The Labute approximate surface area is 196 Å². The van der Waals surface area contributed by atoms with Crippen LogP contribution in [0.5, 0.6) is 5.75 Å². The molecule has 0 radical (unpaired) electrons. The molecule has 2 heterocycles. The van der Waals surface area contributed by atoms with Crippen molar-refractivity contribution in [1.82, 2.24) is 25.1 Å². The first-order valence-electron chi connectivity index (χ1n) is 10.2. The Morgan fingerprint density at radius 1 is 1.22 bits per heavy atom. The van der Waals surface area contributed by atoms with Gasteiger partial charge in [-0.3, -0.25) is 4.79 Å². The second kappa shape index (κ2) is 11.9. The molecule has 1 amide bonds. The Bertz CT molecular complexity index is 1030. The molecule has 0 unspecified atom stereocenters. The van der Waals surface area contributed by atoms with Crippen LogP contribution in [-0.4, -0.2) is 64.3 Å². The molecular weight excluding hydrogens is 452 g/mol. The molecule has 1 aromatic carbocycles. The van der Waals surface area contributed by atoms with Gasteiger partial charge in [-0.25, -0.2) is 14.6 Å². The van der Waals surface area contributed by atoms with E-state index >= 15 is 0 Å². The lowest BCUT2D eigenvalue weighted by Crippen LogP contribution is -2.31. The van der Waals surface area contributed by atoms with Crippen LogP contribution >= 0.6 is 23.4 Å². The van der Waals surface area contributed by atoms with Crippen molar-refractivity contribution in [3.05, 3.63) is 35.5 Å². The van der Waals surface area contributed by atoms with Gasteiger partial charge < -0.3 is 20.1 Å². The van der Waals surface area contributed by atoms with Crippen LogP contribution < -0.4 is 15.4 Å². The van der Waals surface area contributed by atoms with Crippen LogP contribution in [0.25, 0.3) is 11.0 Å². The number of methoxy groups -OCH3 is 1. The maximum Gasteiger partial charge on any atom is 0.258 e. The van der Waals surface area contributed by atoms with Crippen molar-refractivity contribution in [1.29, 1.82) is 0 Å². The van der Waals surface area contributed by atoms with Crippen LogP contribution in [-0.2, 0) is 16.1 Å². The topological polar surface area (TPSA) is 103 Å². The van der Waals surface area contributed by atoms with E-state index in [2.05, 4.69) is 39.5 Å². The predicted octanol–water partition coefficient (Wildman–Crippen LogP) is 3.23. The van der Waals surface area contributed by atoms with Gasteiger partial charge in [0.15, 0.2) is 17.4 Å². The van der Waals surface area contributed by atoms with Crippen molar-refractivity contribution in [2.45, 2.75) is 30.8 Å². The van der Waals surface area contributed by atoms with E-state index in [1.165, 1.54) is 0 Å². The van der Waals surface area contributed by atoms with Gasteiger partial charge >= 0.3 is 0 Å². The number of rotatable bonds is 12. The minimum atomic E-state index is -0.219. The third kappa shape index (κ3) is 6.98. The lowest BCUT2D eigenvalue weighted by molar-refractivity contribution is -0.123. The fraction of sp³-hybridized carbons (Fsp3) is 0.429. The van der Waals surface area contributed by atoms with E-state index in [1.807, 2.05) is 0 Å². The maximum atomic E-state index is 12.1. The summed E-state index contributed by atoms with van der Waals surface area (Å²) in [6.45, 7) is 6.16. The number of amides is 1. The minimum Gasteiger partial charge on any atom is -0.484 e. The Kier molecular flexibility index (Phi) is 8.95. The van der Waals surface area contributed by atoms with Gasteiger partial charge in [-0.05, 0) is 24.3 Å². The van der Waals surface area contributed by atoms with E-state index in [-0.39, 0.29) is 12.5 Å². The fourth-order valence-electron chi connectivity index (χ4n) is 2.80. The second-order valence-electron chi connectivity index (χ2n) is 7.14. The van der Waals surface area contributed by atoms with Crippen molar-refractivity contribution in [2.24, 2.45) is 0 Å². The number of aromatic nitrogens is 4. The standard InChI is InChI=1S/C21H27ClN6O3S/c1-14(2)32-21-26-19(24-9-11-30-3)17-12-25-28(20(17)27-21)10-8-23-18(29)13-31-16-6-4-15(22)5-7-16/h4-7,12,14H,8-11,13H2,1-3H3,(H,23,29)(H,24,26,27). The Hall–Kier alpha value is -2.56. The van der Waals surface area contributed by atoms with Crippen molar-refractivity contribution in [3.63, 3.8) is 0 Å². The van der Waals surface area contributed by atoms with E-state index in [4.69, 9.17) is 21.1 Å². The highest BCUT2D eigenvalue weighted by Crippen LogP contribution is 2.26. The Morgan fingerprint density at radius 3 is 2.72 bits per heavy atom. The highest BCUT2D eigenvalue weighted by atomic mass is 35.5. The highest BCUT2D eigenvalue weighted by Gasteiger charge is 2.14. The third-order valence-electron chi connectivity index (χ3n) is 4.24. The average Bonchev–Trinajstić information content (AvgIpc) is 3.16. The van der Waals surface area contributed by atoms with Crippen LogP contribution in [0.15, 0.2) is 35.6 Å². The number of hydrogen-bond acceptors (Lipinski definition) is 8. The van der Waals surface area contributed by atoms with Crippen LogP contribution in [0.3, 0.4) is 0 Å². The predicted molar refractivity (Wildman–Crippen MR) is 127 cm³/mol. The minimum absolute atomic E-state index is 0.0770. The van der Waals surface area contributed by atoms with Gasteiger partial charge in [0.05, 0.1) is 24.7 Å². The zero-order valence-corrected chi connectivity index (χ0v) is 19.9. The quantitative estimate of drug-likeness (QED) is 0.232. The number of fused-ring (bicyclic) bond motifs is 1. The first-order chi connectivity index (χ1) is 15.5. The first-order valence-corrected chi connectivity index (χ1v) is 11.5.